The quantitative estimate of drug-likeness (QED) is 0.532. The largest absolute Gasteiger partial charge is 0.398 e. The highest BCUT2D eigenvalue weighted by Crippen LogP contribution is 2.23. The van der Waals surface area contributed by atoms with Crippen LogP contribution in [0.5, 0.6) is 0 Å². The second-order valence-electron chi connectivity index (χ2n) is 3.63. The maximum absolute atomic E-state index is 11.8. The van der Waals surface area contributed by atoms with Crippen molar-refractivity contribution in [1.82, 2.24) is 10.0 Å². The van der Waals surface area contributed by atoms with E-state index in [0.717, 1.165) is 6.26 Å². The Balaban J connectivity index is 2.54. The maximum atomic E-state index is 11.8. The van der Waals surface area contributed by atoms with E-state index in [-0.39, 0.29) is 19.0 Å². The van der Waals surface area contributed by atoms with Gasteiger partial charge in [-0.1, -0.05) is 6.07 Å². The van der Waals surface area contributed by atoms with E-state index in [4.69, 9.17) is 5.73 Å². The molecular formula is C10H14BrN3O3S. The number of sulfonamides is 1. The van der Waals surface area contributed by atoms with Crippen LogP contribution < -0.4 is 15.8 Å². The van der Waals surface area contributed by atoms with Crippen molar-refractivity contribution in [2.24, 2.45) is 0 Å². The molecule has 0 aliphatic carbocycles. The predicted molar refractivity (Wildman–Crippen MR) is 73.7 cm³/mol. The molecule has 0 saturated heterocycles. The Labute approximate surface area is 114 Å². The molecule has 0 spiro atoms. The van der Waals surface area contributed by atoms with Gasteiger partial charge in [-0.15, -0.1) is 0 Å². The number of benzene rings is 1. The number of rotatable bonds is 5. The van der Waals surface area contributed by atoms with E-state index in [2.05, 4.69) is 26.0 Å². The molecule has 1 aromatic rings. The van der Waals surface area contributed by atoms with Gasteiger partial charge in [0.05, 0.1) is 16.3 Å². The Morgan fingerprint density at radius 3 is 2.67 bits per heavy atom. The lowest BCUT2D eigenvalue weighted by Crippen LogP contribution is -2.34. The molecule has 0 aliphatic heterocycles. The molecule has 0 saturated carbocycles. The second kappa shape index (κ2) is 6.17. The lowest BCUT2D eigenvalue weighted by molar-refractivity contribution is 0.0953. The molecule has 1 aromatic carbocycles. The van der Waals surface area contributed by atoms with Crippen LogP contribution in [0.3, 0.4) is 0 Å². The fourth-order valence-corrected chi connectivity index (χ4v) is 2.15. The number of hydrogen-bond donors (Lipinski definition) is 3. The first-order valence-corrected chi connectivity index (χ1v) is 7.76. The highest BCUT2D eigenvalue weighted by molar-refractivity contribution is 9.10. The Hall–Kier alpha value is -1.12. The number of amides is 1. The third-order valence-electron chi connectivity index (χ3n) is 2.05. The van der Waals surface area contributed by atoms with Crippen molar-refractivity contribution in [3.05, 3.63) is 28.2 Å². The number of nitrogens with two attached hydrogens (primary N) is 1. The van der Waals surface area contributed by atoms with Crippen molar-refractivity contribution in [2.75, 3.05) is 25.1 Å². The van der Waals surface area contributed by atoms with Crippen LogP contribution in [0, 0.1) is 0 Å². The zero-order valence-electron chi connectivity index (χ0n) is 9.73. The van der Waals surface area contributed by atoms with Crippen LogP contribution in [-0.4, -0.2) is 33.7 Å². The molecule has 1 rings (SSSR count). The van der Waals surface area contributed by atoms with Crippen LogP contribution in [-0.2, 0) is 10.0 Å². The van der Waals surface area contributed by atoms with Crippen LogP contribution in [0.2, 0.25) is 0 Å². The Morgan fingerprint density at radius 1 is 1.39 bits per heavy atom. The minimum atomic E-state index is -3.23. The number of nitrogens with one attached hydrogen (secondary N) is 2. The number of anilines is 1. The number of carbonyl (C=O) groups excluding carboxylic acids is 1. The summed E-state index contributed by atoms with van der Waals surface area (Å²) in [6.07, 6.45) is 1.06. The Kier molecular flexibility index (Phi) is 5.12. The molecule has 18 heavy (non-hydrogen) atoms. The predicted octanol–water partition coefficient (Wildman–Crippen LogP) is 0.310. The fourth-order valence-electron chi connectivity index (χ4n) is 1.23. The van der Waals surface area contributed by atoms with Gasteiger partial charge < -0.3 is 11.1 Å². The van der Waals surface area contributed by atoms with Crippen molar-refractivity contribution in [2.45, 2.75) is 0 Å². The van der Waals surface area contributed by atoms with Gasteiger partial charge in [0.15, 0.2) is 0 Å². The first-order chi connectivity index (χ1) is 8.31. The molecule has 4 N–H and O–H groups in total. The van der Waals surface area contributed by atoms with Crippen LogP contribution in [0.15, 0.2) is 22.7 Å². The minimum absolute atomic E-state index is 0.143. The molecule has 6 nitrogen and oxygen atoms in total. The molecule has 100 valence electrons. The summed E-state index contributed by atoms with van der Waals surface area (Å²) >= 11 is 3.22. The third kappa shape index (κ3) is 4.63. The summed E-state index contributed by atoms with van der Waals surface area (Å²) in [5, 5.41) is 2.59. The maximum Gasteiger partial charge on any atom is 0.252 e. The van der Waals surface area contributed by atoms with E-state index in [0.29, 0.717) is 15.7 Å². The summed E-state index contributed by atoms with van der Waals surface area (Å²) in [4.78, 5) is 11.8. The molecule has 0 radical (unpaired) electrons. The molecule has 0 atom stereocenters. The number of carbonyl (C=O) groups is 1. The minimum Gasteiger partial charge on any atom is -0.398 e. The van der Waals surface area contributed by atoms with Gasteiger partial charge in [-0.2, -0.15) is 0 Å². The van der Waals surface area contributed by atoms with Crippen LogP contribution in [0.1, 0.15) is 10.4 Å². The monoisotopic (exact) mass is 335 g/mol. The van der Waals surface area contributed by atoms with Crippen LogP contribution in [0.4, 0.5) is 5.69 Å². The van der Waals surface area contributed by atoms with Gasteiger partial charge in [-0.25, -0.2) is 13.1 Å². The fraction of sp³-hybridized carbons (Fsp3) is 0.300. The molecule has 0 fully saturated rings. The molecule has 0 aromatic heterocycles. The number of halogens is 1. The summed E-state index contributed by atoms with van der Waals surface area (Å²) < 4.78 is 24.4. The highest BCUT2D eigenvalue weighted by atomic mass is 79.9. The number of hydrogen-bond acceptors (Lipinski definition) is 4. The summed E-state index contributed by atoms with van der Waals surface area (Å²) in [7, 11) is -3.23. The standard InChI is InChI=1S/C10H14BrN3O3S/c1-18(16,17)14-6-5-13-10(15)7-3-2-4-8(12)9(7)11/h2-4,14H,5-6,12H2,1H3,(H,13,15). The van der Waals surface area contributed by atoms with Gasteiger partial charge in [0.25, 0.3) is 5.91 Å². The molecule has 1 amide bonds. The summed E-state index contributed by atoms with van der Waals surface area (Å²) in [6, 6.07) is 4.97. The topological polar surface area (TPSA) is 101 Å². The SMILES string of the molecule is CS(=O)(=O)NCCNC(=O)c1cccc(N)c1Br. The van der Waals surface area contributed by atoms with Gasteiger partial charge in [-0.3, -0.25) is 4.79 Å². The van der Waals surface area contributed by atoms with Crippen molar-refractivity contribution in [3.8, 4) is 0 Å². The molecule has 0 heterocycles. The molecule has 0 unspecified atom stereocenters. The average Bonchev–Trinajstić information content (AvgIpc) is 2.26. The van der Waals surface area contributed by atoms with Gasteiger partial charge in [0.2, 0.25) is 10.0 Å². The lowest BCUT2D eigenvalue weighted by Gasteiger charge is -2.08. The zero-order chi connectivity index (χ0) is 13.8. The molecule has 0 aliphatic rings. The normalized spacial score (nSPS) is 11.2. The van der Waals surface area contributed by atoms with Gasteiger partial charge >= 0.3 is 0 Å². The zero-order valence-corrected chi connectivity index (χ0v) is 12.1. The average molecular weight is 336 g/mol. The third-order valence-corrected chi connectivity index (χ3v) is 3.66. The first kappa shape index (κ1) is 14.9. The van der Waals surface area contributed by atoms with Gasteiger partial charge in [-0.05, 0) is 28.1 Å². The Morgan fingerprint density at radius 2 is 2.06 bits per heavy atom. The van der Waals surface area contributed by atoms with Crippen molar-refractivity contribution < 1.29 is 13.2 Å². The highest BCUT2D eigenvalue weighted by Gasteiger charge is 2.11. The van der Waals surface area contributed by atoms with Crippen molar-refractivity contribution >= 4 is 37.5 Å². The van der Waals surface area contributed by atoms with E-state index in [1.807, 2.05) is 0 Å². The van der Waals surface area contributed by atoms with Crippen molar-refractivity contribution in [1.29, 1.82) is 0 Å². The summed E-state index contributed by atoms with van der Waals surface area (Å²) in [5.74, 6) is -0.315. The van der Waals surface area contributed by atoms with Gasteiger partial charge in [0.1, 0.15) is 0 Å². The second-order valence-corrected chi connectivity index (χ2v) is 6.26. The number of nitrogen functional groups attached to an aromatic ring is 1. The van der Waals surface area contributed by atoms with E-state index >= 15 is 0 Å². The van der Waals surface area contributed by atoms with E-state index in [9.17, 15) is 13.2 Å². The van der Waals surface area contributed by atoms with E-state index in [1.54, 1.807) is 18.2 Å². The smallest absolute Gasteiger partial charge is 0.252 e. The summed E-state index contributed by atoms with van der Waals surface area (Å²) in [5.41, 5.74) is 6.53. The van der Waals surface area contributed by atoms with Gasteiger partial charge in [0, 0.05) is 18.8 Å². The van der Waals surface area contributed by atoms with Crippen molar-refractivity contribution in [3.63, 3.8) is 0 Å². The molecule has 0 bridgehead atoms. The summed E-state index contributed by atoms with van der Waals surface area (Å²) in [6.45, 7) is 0.345. The Bertz CT molecular complexity index is 545. The van der Waals surface area contributed by atoms with Crippen LogP contribution >= 0.6 is 15.9 Å². The van der Waals surface area contributed by atoms with E-state index in [1.165, 1.54) is 0 Å². The first-order valence-electron chi connectivity index (χ1n) is 5.08. The van der Waals surface area contributed by atoms with E-state index < -0.39 is 10.0 Å². The lowest BCUT2D eigenvalue weighted by atomic mass is 10.2. The van der Waals surface area contributed by atoms with Crippen LogP contribution in [0.25, 0.3) is 0 Å². The molecule has 8 heteroatoms. The molecular weight excluding hydrogens is 322 g/mol.